The summed E-state index contributed by atoms with van der Waals surface area (Å²) in [6.07, 6.45) is 14.1. The molecular formula is C14H24O. The van der Waals surface area contributed by atoms with Gasteiger partial charge in [0.25, 0.3) is 0 Å². The highest BCUT2D eigenvalue weighted by atomic mass is 16.1. The van der Waals surface area contributed by atoms with Gasteiger partial charge in [-0.1, -0.05) is 45.1 Å². The molecule has 1 aliphatic carbocycles. The Hall–Kier alpha value is -0.590. The van der Waals surface area contributed by atoms with Gasteiger partial charge in [-0.3, -0.25) is 4.79 Å². The third-order valence-electron chi connectivity index (χ3n) is 3.16. The molecule has 0 heterocycles. The molecule has 1 aliphatic rings. The normalized spacial score (nSPS) is 16.6. The van der Waals surface area contributed by atoms with Crippen molar-refractivity contribution in [1.82, 2.24) is 0 Å². The summed E-state index contributed by atoms with van der Waals surface area (Å²) in [4.78, 5) is 11.5. The van der Waals surface area contributed by atoms with E-state index in [0.717, 1.165) is 31.3 Å². The van der Waals surface area contributed by atoms with Crippen molar-refractivity contribution in [2.45, 2.75) is 71.1 Å². The summed E-state index contributed by atoms with van der Waals surface area (Å²) in [5, 5.41) is 0. The summed E-state index contributed by atoms with van der Waals surface area (Å²) in [7, 11) is 0. The molecule has 0 bridgehead atoms. The number of allylic oxidation sites excluding steroid dienone is 2. The van der Waals surface area contributed by atoms with Crippen LogP contribution in [0.25, 0.3) is 0 Å². The Bertz CT molecular complexity index is 215. The van der Waals surface area contributed by atoms with Gasteiger partial charge in [-0.2, -0.15) is 0 Å². The summed E-state index contributed by atoms with van der Waals surface area (Å²) in [6.45, 7) is 2.24. The minimum atomic E-state index is 0.412. The maximum atomic E-state index is 11.5. The van der Waals surface area contributed by atoms with Crippen LogP contribution in [0.2, 0.25) is 0 Å². The smallest absolute Gasteiger partial charge is 0.158 e. The first kappa shape index (κ1) is 12.5. The Morgan fingerprint density at radius 1 is 1.13 bits per heavy atom. The molecule has 0 spiro atoms. The summed E-state index contributed by atoms with van der Waals surface area (Å²) in [5.41, 5.74) is 1.12. The van der Waals surface area contributed by atoms with Crippen LogP contribution < -0.4 is 0 Å². The fourth-order valence-electron chi connectivity index (χ4n) is 2.15. The van der Waals surface area contributed by atoms with E-state index in [1.807, 2.05) is 0 Å². The zero-order valence-electron chi connectivity index (χ0n) is 10.1. The van der Waals surface area contributed by atoms with Crippen LogP contribution >= 0.6 is 0 Å². The fraction of sp³-hybridized carbons (Fsp3) is 0.786. The van der Waals surface area contributed by atoms with Crippen LogP contribution in [0.1, 0.15) is 71.1 Å². The van der Waals surface area contributed by atoms with Gasteiger partial charge in [-0.05, 0) is 31.3 Å². The van der Waals surface area contributed by atoms with Crippen molar-refractivity contribution < 1.29 is 4.79 Å². The standard InChI is InChI=1S/C14H24O/c1-2-3-4-5-6-7-10-13-11-8-9-12-14(13)15/h11H,2-10,12H2,1H3. The van der Waals surface area contributed by atoms with Crippen LogP contribution in [0.5, 0.6) is 0 Å². The monoisotopic (exact) mass is 208 g/mol. The number of hydrogen-bond donors (Lipinski definition) is 0. The van der Waals surface area contributed by atoms with Crippen molar-refractivity contribution in [2.75, 3.05) is 0 Å². The quantitative estimate of drug-likeness (QED) is 0.566. The third-order valence-corrected chi connectivity index (χ3v) is 3.16. The van der Waals surface area contributed by atoms with E-state index < -0.39 is 0 Å². The van der Waals surface area contributed by atoms with Crippen molar-refractivity contribution >= 4 is 5.78 Å². The van der Waals surface area contributed by atoms with Gasteiger partial charge < -0.3 is 0 Å². The molecule has 0 fully saturated rings. The van der Waals surface area contributed by atoms with Gasteiger partial charge in [0, 0.05) is 6.42 Å². The van der Waals surface area contributed by atoms with Gasteiger partial charge in [0.15, 0.2) is 5.78 Å². The number of carbonyl (C=O) groups is 1. The molecule has 1 nitrogen and oxygen atoms in total. The largest absolute Gasteiger partial charge is 0.295 e. The molecule has 0 aromatic heterocycles. The number of unbranched alkanes of at least 4 members (excludes halogenated alkanes) is 5. The number of ketones is 1. The van der Waals surface area contributed by atoms with Crippen molar-refractivity contribution in [1.29, 1.82) is 0 Å². The maximum absolute atomic E-state index is 11.5. The number of hydrogen-bond acceptors (Lipinski definition) is 1. The maximum Gasteiger partial charge on any atom is 0.158 e. The Balaban J connectivity index is 2.04. The minimum absolute atomic E-state index is 0.412. The highest BCUT2D eigenvalue weighted by molar-refractivity contribution is 5.95. The van der Waals surface area contributed by atoms with Crippen molar-refractivity contribution in [3.8, 4) is 0 Å². The zero-order valence-corrected chi connectivity index (χ0v) is 10.1. The van der Waals surface area contributed by atoms with Gasteiger partial charge >= 0.3 is 0 Å². The van der Waals surface area contributed by atoms with Crippen molar-refractivity contribution in [3.05, 3.63) is 11.6 Å². The van der Waals surface area contributed by atoms with Crippen LogP contribution in [-0.2, 0) is 4.79 Å². The van der Waals surface area contributed by atoms with Crippen molar-refractivity contribution in [3.63, 3.8) is 0 Å². The molecule has 1 rings (SSSR count). The Morgan fingerprint density at radius 3 is 2.60 bits per heavy atom. The van der Waals surface area contributed by atoms with E-state index in [1.165, 1.54) is 38.5 Å². The Kier molecular flexibility index (Phi) is 6.38. The van der Waals surface area contributed by atoms with Crippen LogP contribution in [0.4, 0.5) is 0 Å². The molecule has 0 amide bonds. The topological polar surface area (TPSA) is 17.1 Å². The Labute approximate surface area is 93.9 Å². The van der Waals surface area contributed by atoms with E-state index in [4.69, 9.17) is 0 Å². The van der Waals surface area contributed by atoms with E-state index in [0.29, 0.717) is 5.78 Å². The summed E-state index contributed by atoms with van der Waals surface area (Å²) >= 11 is 0. The molecule has 1 heteroatoms. The van der Waals surface area contributed by atoms with Crippen LogP contribution in [0, 0.1) is 0 Å². The molecule has 0 N–H and O–H groups in total. The van der Waals surface area contributed by atoms with Gasteiger partial charge in [0.2, 0.25) is 0 Å². The molecule has 0 unspecified atom stereocenters. The molecule has 0 radical (unpaired) electrons. The van der Waals surface area contributed by atoms with Gasteiger partial charge in [0.1, 0.15) is 0 Å². The van der Waals surface area contributed by atoms with E-state index in [1.54, 1.807) is 0 Å². The van der Waals surface area contributed by atoms with E-state index in [2.05, 4.69) is 13.0 Å². The predicted molar refractivity (Wildman–Crippen MR) is 64.9 cm³/mol. The molecule has 0 saturated carbocycles. The predicted octanol–water partition coefficient (Wildman–Crippen LogP) is 4.42. The lowest BCUT2D eigenvalue weighted by atomic mass is 9.94. The average Bonchev–Trinajstić information content (AvgIpc) is 2.25. The molecular weight excluding hydrogens is 184 g/mol. The molecule has 0 aromatic carbocycles. The molecule has 0 saturated heterocycles. The summed E-state index contributed by atoms with van der Waals surface area (Å²) in [5.74, 6) is 0.412. The molecule has 0 aliphatic heterocycles. The van der Waals surface area contributed by atoms with Gasteiger partial charge in [-0.25, -0.2) is 0 Å². The summed E-state index contributed by atoms with van der Waals surface area (Å²) < 4.78 is 0. The number of Topliss-reactive ketones (excluding diaryl/α,β-unsaturated/α-hetero) is 1. The third kappa shape index (κ3) is 5.15. The molecule has 0 atom stereocenters. The first-order chi connectivity index (χ1) is 7.34. The number of rotatable bonds is 7. The zero-order chi connectivity index (χ0) is 10.9. The number of carbonyl (C=O) groups excluding carboxylic acids is 1. The van der Waals surface area contributed by atoms with Gasteiger partial charge in [-0.15, -0.1) is 0 Å². The second kappa shape index (κ2) is 7.67. The highest BCUT2D eigenvalue weighted by Crippen LogP contribution is 2.19. The molecule has 0 aromatic rings. The Morgan fingerprint density at radius 2 is 1.87 bits per heavy atom. The van der Waals surface area contributed by atoms with Crippen LogP contribution in [-0.4, -0.2) is 5.78 Å². The lowest BCUT2D eigenvalue weighted by Crippen LogP contribution is -2.06. The molecule has 15 heavy (non-hydrogen) atoms. The van der Waals surface area contributed by atoms with Gasteiger partial charge in [0.05, 0.1) is 0 Å². The second-order valence-corrected chi connectivity index (χ2v) is 4.56. The van der Waals surface area contributed by atoms with Crippen molar-refractivity contribution in [2.24, 2.45) is 0 Å². The average molecular weight is 208 g/mol. The fourth-order valence-corrected chi connectivity index (χ4v) is 2.15. The SMILES string of the molecule is CCCCCCCCC1=CCCCC1=O. The highest BCUT2D eigenvalue weighted by Gasteiger charge is 2.12. The van der Waals surface area contributed by atoms with E-state index in [9.17, 15) is 4.79 Å². The molecule has 86 valence electrons. The van der Waals surface area contributed by atoms with Crippen LogP contribution in [0.3, 0.4) is 0 Å². The lowest BCUT2D eigenvalue weighted by molar-refractivity contribution is -0.116. The summed E-state index contributed by atoms with van der Waals surface area (Å²) in [6, 6.07) is 0. The minimum Gasteiger partial charge on any atom is -0.295 e. The second-order valence-electron chi connectivity index (χ2n) is 4.56. The van der Waals surface area contributed by atoms with E-state index >= 15 is 0 Å². The first-order valence-electron chi connectivity index (χ1n) is 6.57. The first-order valence-corrected chi connectivity index (χ1v) is 6.57. The van der Waals surface area contributed by atoms with E-state index in [-0.39, 0.29) is 0 Å². The van der Waals surface area contributed by atoms with Crippen LogP contribution in [0.15, 0.2) is 11.6 Å². The lowest BCUT2D eigenvalue weighted by Gasteiger charge is -2.11.